The van der Waals surface area contributed by atoms with Crippen LogP contribution in [0.15, 0.2) is 72.8 Å². The molecule has 0 amide bonds. The molecule has 3 fully saturated rings. The Hall–Kier alpha value is -6.30. The van der Waals surface area contributed by atoms with Crippen molar-refractivity contribution in [3.63, 3.8) is 0 Å². The number of rotatable bonds is 12. The quantitative estimate of drug-likeness (QED) is 0.0712. The Morgan fingerprint density at radius 3 is 0.938 bits per heavy atom. The first-order valence-electron chi connectivity index (χ1n) is 25.4. The summed E-state index contributed by atoms with van der Waals surface area (Å²) in [6, 6.07) is 20.0. The first-order valence-corrected chi connectivity index (χ1v) is 32.2. The van der Waals surface area contributed by atoms with Crippen LogP contribution < -0.4 is 46.1 Å². The lowest BCUT2D eigenvalue weighted by Crippen LogP contribution is -2.32. The highest BCUT2D eigenvalue weighted by molar-refractivity contribution is 7.92. The molecule has 0 spiro atoms. The van der Waals surface area contributed by atoms with Gasteiger partial charge >= 0.3 is 0 Å². The molecule has 9 N–H and O–H groups in total. The van der Waals surface area contributed by atoms with E-state index in [1.165, 1.54) is 0 Å². The molecule has 24 nitrogen and oxygen atoms in total. The fraction of sp³-hybridized carbons (Fsp3) is 0.412. The fourth-order valence-corrected chi connectivity index (χ4v) is 11.7. The molecule has 0 bridgehead atoms. The molecule has 6 heterocycles. The van der Waals surface area contributed by atoms with Gasteiger partial charge in [-0.1, -0.05) is 34.8 Å². The molecule has 0 saturated carbocycles. The molecule has 3 saturated heterocycles. The van der Waals surface area contributed by atoms with E-state index in [4.69, 9.17) is 66.2 Å². The molecule has 3 aromatic carbocycles. The van der Waals surface area contributed by atoms with Crippen LogP contribution in [0.25, 0.3) is 0 Å². The van der Waals surface area contributed by atoms with E-state index >= 15 is 0 Å². The zero-order valence-electron chi connectivity index (χ0n) is 45.4. The molecule has 0 radical (unpaired) electrons. The summed E-state index contributed by atoms with van der Waals surface area (Å²) in [6.45, 7) is 10.7. The molecule has 3 atom stereocenters. The maximum absolute atomic E-state index is 11.6. The highest BCUT2D eigenvalue weighted by atomic mass is 35.5. The van der Waals surface area contributed by atoms with Crippen LogP contribution >= 0.6 is 34.8 Å². The first kappa shape index (κ1) is 62.3. The van der Waals surface area contributed by atoms with Crippen molar-refractivity contribution in [2.24, 2.45) is 0 Å². The Morgan fingerprint density at radius 1 is 0.444 bits per heavy atom. The number of nitrogens with zero attached hydrogens (tertiary/aromatic N) is 9. The van der Waals surface area contributed by atoms with Crippen molar-refractivity contribution < 1.29 is 39.5 Å². The van der Waals surface area contributed by atoms with E-state index in [1.807, 2.05) is 39.0 Å². The van der Waals surface area contributed by atoms with E-state index in [0.29, 0.717) is 109 Å². The summed E-state index contributed by atoms with van der Waals surface area (Å²) in [6.07, 6.45) is 5.77. The molecule has 30 heteroatoms. The van der Waals surface area contributed by atoms with E-state index in [-0.39, 0.29) is 36.0 Å². The van der Waals surface area contributed by atoms with Gasteiger partial charge in [0, 0.05) is 107 Å². The first-order chi connectivity index (χ1) is 38.2. The number of halogens is 3. The van der Waals surface area contributed by atoms with Crippen molar-refractivity contribution in [2.75, 3.05) is 124 Å². The molecule has 3 aliphatic heterocycles. The van der Waals surface area contributed by atoms with E-state index in [1.54, 1.807) is 54.6 Å². The molecule has 1 unspecified atom stereocenters. The SMILES string of the molecule is Cc1cc(N2CCCOCC2c2cc(NS(C)(=O)=O)ccc2Cl)nc(N)n1.Cc1cc(N2CCCOC[C@@H]2c2cc(NS(C)(=O)=O)ccc2Cl)nc(N)n1.Cc1cc(N2CCCOC[C@H]2c2cc(NS(C)(=O)=O)ccc2Cl)nc(N)n1. The van der Waals surface area contributed by atoms with Gasteiger partial charge < -0.3 is 46.1 Å². The molecule has 0 aliphatic carbocycles. The minimum atomic E-state index is -3.40. The lowest BCUT2D eigenvalue weighted by Gasteiger charge is -2.31. The number of nitrogens with one attached hydrogen (secondary N) is 3. The van der Waals surface area contributed by atoms with Gasteiger partial charge in [-0.25, -0.2) is 40.2 Å². The Kier molecular flexibility index (Phi) is 20.9. The van der Waals surface area contributed by atoms with Crippen LogP contribution in [0.5, 0.6) is 0 Å². The average molecular weight is 1240 g/mol. The Labute approximate surface area is 487 Å². The number of hydrogen-bond donors (Lipinski definition) is 6. The van der Waals surface area contributed by atoms with Gasteiger partial charge in [-0.15, -0.1) is 0 Å². The van der Waals surface area contributed by atoms with Crippen LogP contribution in [-0.2, 0) is 44.3 Å². The van der Waals surface area contributed by atoms with Crippen molar-refractivity contribution in [1.82, 2.24) is 29.9 Å². The van der Waals surface area contributed by atoms with Crippen LogP contribution in [-0.4, -0.2) is 133 Å². The number of nitrogen functional groups attached to an aromatic ring is 3. The van der Waals surface area contributed by atoms with E-state index in [9.17, 15) is 25.3 Å². The van der Waals surface area contributed by atoms with E-state index < -0.39 is 30.1 Å². The zero-order chi connectivity index (χ0) is 58.8. The highest BCUT2D eigenvalue weighted by Gasteiger charge is 2.31. The predicted octanol–water partition coefficient (Wildman–Crippen LogP) is 7.08. The highest BCUT2D eigenvalue weighted by Crippen LogP contribution is 2.38. The number of aryl methyl sites for hydroxylation is 3. The summed E-state index contributed by atoms with van der Waals surface area (Å²) < 4.78 is 94.2. The molecular formula is C51H66Cl3N15O9S3. The minimum Gasteiger partial charge on any atom is -0.379 e. The number of anilines is 9. The molecular weight excluding hydrogens is 1170 g/mol. The van der Waals surface area contributed by atoms with Gasteiger partial charge in [0.05, 0.1) is 56.7 Å². The van der Waals surface area contributed by atoms with Crippen molar-refractivity contribution >= 4 is 117 Å². The smallest absolute Gasteiger partial charge is 0.229 e. The second-order valence-electron chi connectivity index (χ2n) is 19.4. The zero-order valence-corrected chi connectivity index (χ0v) is 50.2. The summed E-state index contributed by atoms with van der Waals surface area (Å²) in [7, 11) is -10.2. The van der Waals surface area contributed by atoms with Crippen molar-refractivity contribution in [3.8, 4) is 0 Å². The Balaban J connectivity index is 0.000000175. The third kappa shape index (κ3) is 18.3. The third-order valence-corrected chi connectivity index (χ3v) is 15.3. The number of aromatic nitrogens is 6. The predicted molar refractivity (Wildman–Crippen MR) is 320 cm³/mol. The number of nitrogens with two attached hydrogens (primary N) is 3. The molecule has 6 aromatic rings. The molecule has 9 rings (SSSR count). The maximum atomic E-state index is 11.6. The van der Waals surface area contributed by atoms with Crippen LogP contribution in [0.3, 0.4) is 0 Å². The van der Waals surface area contributed by atoms with Crippen molar-refractivity contribution in [2.45, 2.75) is 58.2 Å². The fourth-order valence-electron chi connectivity index (χ4n) is 9.32. The number of hydrogen-bond acceptors (Lipinski definition) is 21. The van der Waals surface area contributed by atoms with Gasteiger partial charge in [0.15, 0.2) is 0 Å². The lowest BCUT2D eigenvalue weighted by atomic mass is 10.0. The normalized spacial score (nSPS) is 18.2. The van der Waals surface area contributed by atoms with E-state index in [2.05, 4.69) is 58.8 Å². The average Bonchev–Trinajstić information content (AvgIpc) is 3.95. The second-order valence-corrected chi connectivity index (χ2v) is 25.9. The van der Waals surface area contributed by atoms with Gasteiger partial charge in [0.2, 0.25) is 47.9 Å². The topological polar surface area (TPSA) is 331 Å². The largest absolute Gasteiger partial charge is 0.379 e. The van der Waals surface area contributed by atoms with Crippen LogP contribution in [0.2, 0.25) is 15.1 Å². The minimum absolute atomic E-state index is 0.201. The lowest BCUT2D eigenvalue weighted by molar-refractivity contribution is 0.134. The molecule has 3 aliphatic rings. The van der Waals surface area contributed by atoms with Gasteiger partial charge in [-0.05, 0) is 111 Å². The van der Waals surface area contributed by atoms with Gasteiger partial charge in [0.1, 0.15) is 17.5 Å². The number of benzene rings is 3. The van der Waals surface area contributed by atoms with Crippen LogP contribution in [0, 0.1) is 20.8 Å². The Morgan fingerprint density at radius 2 is 0.704 bits per heavy atom. The monoisotopic (exact) mass is 1230 g/mol. The van der Waals surface area contributed by atoms with Crippen LogP contribution in [0.4, 0.5) is 52.4 Å². The van der Waals surface area contributed by atoms with E-state index in [0.717, 1.165) is 71.8 Å². The molecule has 3 aromatic heterocycles. The van der Waals surface area contributed by atoms with Gasteiger partial charge in [0.25, 0.3) is 0 Å². The maximum Gasteiger partial charge on any atom is 0.229 e. The summed E-state index contributed by atoms with van der Waals surface area (Å²) in [4.78, 5) is 31.7. The summed E-state index contributed by atoms with van der Waals surface area (Å²) in [5.74, 6) is 2.67. The summed E-state index contributed by atoms with van der Waals surface area (Å²) >= 11 is 19.4. The molecule has 438 valence electrons. The second kappa shape index (κ2) is 27.2. The van der Waals surface area contributed by atoms with Crippen molar-refractivity contribution in [3.05, 3.63) is 122 Å². The third-order valence-electron chi connectivity index (χ3n) is 12.5. The number of ether oxygens (including phenoxy) is 3. The molecule has 81 heavy (non-hydrogen) atoms. The van der Waals surface area contributed by atoms with Gasteiger partial charge in [-0.2, -0.15) is 15.0 Å². The standard InChI is InChI=1S/3C17H22ClN5O3S/c3*1-11-8-16(21-17(19)20-11)23-6-3-7-26-10-15(23)13-9-12(4-5-14(13)18)22-27(2,24)25/h3*4-5,8-9,15,22H,3,6-7,10H2,1-2H3,(H2,19,20,21)/t2*15-;/m10./s1. The van der Waals surface area contributed by atoms with Gasteiger partial charge in [-0.3, -0.25) is 14.2 Å². The van der Waals surface area contributed by atoms with Crippen LogP contribution in [0.1, 0.15) is 71.2 Å². The summed E-state index contributed by atoms with van der Waals surface area (Å²) in [5.41, 5.74) is 23.4. The summed E-state index contributed by atoms with van der Waals surface area (Å²) in [5, 5.41) is 1.56. The number of sulfonamides is 3. The van der Waals surface area contributed by atoms with Crippen molar-refractivity contribution in [1.29, 1.82) is 0 Å². The Bertz CT molecular complexity index is 3120.